The largest absolute Gasteiger partial charge is 0.480 e. The van der Waals surface area contributed by atoms with E-state index in [2.05, 4.69) is 16.0 Å². The highest BCUT2D eigenvalue weighted by Crippen LogP contribution is 2.21. The van der Waals surface area contributed by atoms with Crippen LogP contribution in [0, 0.1) is 17.8 Å². The first kappa shape index (κ1) is 30.3. The summed E-state index contributed by atoms with van der Waals surface area (Å²) in [7, 11) is 0. The molecule has 0 aromatic rings. The zero-order valence-corrected chi connectivity index (χ0v) is 21.8. The van der Waals surface area contributed by atoms with Gasteiger partial charge in [-0.2, -0.15) is 0 Å². The van der Waals surface area contributed by atoms with Crippen LogP contribution < -0.4 is 21.7 Å². The van der Waals surface area contributed by atoms with Gasteiger partial charge in [-0.3, -0.25) is 19.2 Å². The highest BCUT2D eigenvalue weighted by Gasteiger charge is 2.38. The topological polar surface area (TPSA) is 171 Å². The third-order valence-electron chi connectivity index (χ3n) is 6.39. The Balaban J connectivity index is 2.76. The van der Waals surface area contributed by atoms with Gasteiger partial charge in [0.25, 0.3) is 0 Å². The molecule has 200 valence electrons. The molecule has 1 aliphatic rings. The average Bonchev–Trinajstić information content (AvgIpc) is 3.28. The van der Waals surface area contributed by atoms with E-state index in [-0.39, 0.29) is 30.1 Å². The van der Waals surface area contributed by atoms with Crippen molar-refractivity contribution in [1.29, 1.82) is 0 Å². The van der Waals surface area contributed by atoms with E-state index < -0.39 is 54.4 Å². The van der Waals surface area contributed by atoms with Crippen LogP contribution in [-0.2, 0) is 24.0 Å². The molecule has 0 unspecified atom stereocenters. The highest BCUT2D eigenvalue weighted by molar-refractivity contribution is 5.95. The first-order chi connectivity index (χ1) is 16.3. The summed E-state index contributed by atoms with van der Waals surface area (Å²) in [6, 6.07) is -3.38. The molecule has 0 saturated carbocycles. The van der Waals surface area contributed by atoms with Crippen molar-refractivity contribution in [3.8, 4) is 0 Å². The minimum absolute atomic E-state index is 0.0200. The van der Waals surface area contributed by atoms with Gasteiger partial charge in [0, 0.05) is 6.54 Å². The van der Waals surface area contributed by atoms with Crippen LogP contribution in [0.25, 0.3) is 0 Å². The number of carbonyl (C=O) groups excluding carboxylic acids is 4. The van der Waals surface area contributed by atoms with Gasteiger partial charge in [0.1, 0.15) is 18.1 Å². The van der Waals surface area contributed by atoms with E-state index in [1.165, 1.54) is 4.90 Å². The molecule has 11 nitrogen and oxygen atoms in total. The molecule has 35 heavy (non-hydrogen) atoms. The molecular weight excluding hydrogens is 454 g/mol. The Labute approximate surface area is 207 Å². The minimum Gasteiger partial charge on any atom is -0.480 e. The third kappa shape index (κ3) is 9.12. The highest BCUT2D eigenvalue weighted by atomic mass is 16.4. The standard InChI is InChI=1S/C24H43N5O6/c1-7-15(6)19(25)23(33)29-10-8-9-17(29)21(31)28-20(14(4)5)22(32)26-12-18(30)27-16(24(34)35)11-13(2)3/h13-17,19-20H,7-12,25H2,1-6H3,(H,26,32)(H,27,30)(H,28,31)(H,34,35)/t15-,16-,17-,19-,20-/m0/s1. The Morgan fingerprint density at radius 3 is 2.20 bits per heavy atom. The first-order valence-corrected chi connectivity index (χ1v) is 12.5. The van der Waals surface area contributed by atoms with Crippen LogP contribution in [0.2, 0.25) is 0 Å². The van der Waals surface area contributed by atoms with Crippen LogP contribution in [0.3, 0.4) is 0 Å². The number of nitrogens with zero attached hydrogens (tertiary/aromatic N) is 1. The number of likely N-dealkylation sites (tertiary alicyclic amines) is 1. The zero-order chi connectivity index (χ0) is 26.9. The maximum atomic E-state index is 13.0. The number of carboxylic acid groups (broad SMARTS) is 1. The van der Waals surface area contributed by atoms with Gasteiger partial charge in [-0.25, -0.2) is 4.79 Å². The molecule has 0 radical (unpaired) electrons. The van der Waals surface area contributed by atoms with Crippen molar-refractivity contribution < 1.29 is 29.1 Å². The molecule has 4 amide bonds. The molecule has 1 fully saturated rings. The fourth-order valence-electron chi connectivity index (χ4n) is 3.99. The number of aliphatic carboxylic acids is 1. The average molecular weight is 498 g/mol. The summed E-state index contributed by atoms with van der Waals surface area (Å²) in [6.07, 6.45) is 2.14. The predicted octanol–water partition coefficient (Wildman–Crippen LogP) is 0.223. The number of rotatable bonds is 13. The molecule has 0 aromatic heterocycles. The zero-order valence-electron chi connectivity index (χ0n) is 21.8. The number of nitrogens with two attached hydrogens (primary N) is 1. The van der Waals surface area contributed by atoms with Gasteiger partial charge in [0.15, 0.2) is 0 Å². The molecule has 1 heterocycles. The van der Waals surface area contributed by atoms with Gasteiger partial charge in [-0.05, 0) is 37.0 Å². The summed E-state index contributed by atoms with van der Waals surface area (Å²) in [5.41, 5.74) is 6.10. The van der Waals surface area contributed by atoms with Gasteiger partial charge in [-0.1, -0.05) is 48.0 Å². The van der Waals surface area contributed by atoms with Gasteiger partial charge in [-0.15, -0.1) is 0 Å². The van der Waals surface area contributed by atoms with E-state index in [9.17, 15) is 29.1 Å². The van der Waals surface area contributed by atoms with Crippen molar-refractivity contribution >= 4 is 29.6 Å². The second kappa shape index (κ2) is 14.0. The molecule has 5 atom stereocenters. The third-order valence-corrected chi connectivity index (χ3v) is 6.39. The lowest BCUT2D eigenvalue weighted by Gasteiger charge is -2.30. The molecule has 0 aromatic carbocycles. The molecule has 11 heteroatoms. The molecule has 1 rings (SSSR count). The maximum Gasteiger partial charge on any atom is 0.326 e. The Morgan fingerprint density at radius 1 is 1.06 bits per heavy atom. The summed E-state index contributed by atoms with van der Waals surface area (Å²) >= 11 is 0. The monoisotopic (exact) mass is 497 g/mol. The predicted molar refractivity (Wildman–Crippen MR) is 131 cm³/mol. The van der Waals surface area contributed by atoms with Crippen molar-refractivity contribution in [1.82, 2.24) is 20.9 Å². The smallest absolute Gasteiger partial charge is 0.326 e. The Bertz CT molecular complexity index is 772. The Morgan fingerprint density at radius 2 is 1.69 bits per heavy atom. The molecule has 0 bridgehead atoms. The number of carbonyl (C=O) groups is 5. The number of amides is 4. The number of hydrogen-bond donors (Lipinski definition) is 5. The van der Waals surface area contributed by atoms with Crippen LogP contribution in [0.4, 0.5) is 0 Å². The summed E-state index contributed by atoms with van der Waals surface area (Å²) < 4.78 is 0. The maximum absolute atomic E-state index is 13.0. The second-order valence-corrected chi connectivity index (χ2v) is 10.1. The van der Waals surface area contributed by atoms with Gasteiger partial charge in [0.2, 0.25) is 23.6 Å². The molecule has 1 aliphatic heterocycles. The summed E-state index contributed by atoms with van der Waals surface area (Å²) in [6.45, 7) is 11.1. The number of hydrogen-bond acceptors (Lipinski definition) is 6. The van der Waals surface area contributed by atoms with Gasteiger partial charge in [0.05, 0.1) is 12.6 Å². The lowest BCUT2D eigenvalue weighted by molar-refractivity contribution is -0.142. The Kier molecular flexibility index (Phi) is 12.1. The van der Waals surface area contributed by atoms with Crippen molar-refractivity contribution in [2.75, 3.05) is 13.1 Å². The minimum atomic E-state index is -1.14. The van der Waals surface area contributed by atoms with Crippen LogP contribution >= 0.6 is 0 Å². The van der Waals surface area contributed by atoms with Crippen LogP contribution in [0.5, 0.6) is 0 Å². The first-order valence-electron chi connectivity index (χ1n) is 12.5. The van der Waals surface area contributed by atoms with Crippen LogP contribution in [0.1, 0.15) is 67.2 Å². The number of nitrogens with one attached hydrogen (secondary N) is 3. The van der Waals surface area contributed by atoms with E-state index in [0.29, 0.717) is 19.4 Å². The van der Waals surface area contributed by atoms with E-state index in [4.69, 9.17) is 5.73 Å². The normalized spacial score (nSPS) is 19.1. The molecule has 0 spiro atoms. The van der Waals surface area contributed by atoms with Crippen LogP contribution in [0.15, 0.2) is 0 Å². The van der Waals surface area contributed by atoms with Crippen molar-refractivity contribution in [3.63, 3.8) is 0 Å². The fourth-order valence-corrected chi connectivity index (χ4v) is 3.99. The summed E-state index contributed by atoms with van der Waals surface area (Å²) in [5, 5.41) is 16.9. The summed E-state index contributed by atoms with van der Waals surface area (Å²) in [4.78, 5) is 63.7. The van der Waals surface area contributed by atoms with Gasteiger partial charge < -0.3 is 31.7 Å². The lowest BCUT2D eigenvalue weighted by atomic mass is 9.98. The quantitative estimate of drug-likeness (QED) is 0.242. The van der Waals surface area contributed by atoms with Crippen molar-refractivity contribution in [3.05, 3.63) is 0 Å². The molecule has 0 aliphatic carbocycles. The van der Waals surface area contributed by atoms with E-state index in [1.54, 1.807) is 13.8 Å². The van der Waals surface area contributed by atoms with Crippen molar-refractivity contribution in [2.45, 2.75) is 91.4 Å². The van der Waals surface area contributed by atoms with E-state index in [1.807, 2.05) is 27.7 Å². The molecule has 6 N–H and O–H groups in total. The lowest BCUT2D eigenvalue weighted by Crippen LogP contribution is -2.57. The van der Waals surface area contributed by atoms with Crippen LogP contribution in [-0.4, -0.2) is 76.9 Å². The molecule has 1 saturated heterocycles. The van der Waals surface area contributed by atoms with E-state index in [0.717, 1.165) is 6.42 Å². The second-order valence-electron chi connectivity index (χ2n) is 10.1. The summed E-state index contributed by atoms with van der Waals surface area (Å²) in [5.74, 6) is -3.29. The van der Waals surface area contributed by atoms with E-state index >= 15 is 0 Å². The Hall–Kier alpha value is -2.69. The fraction of sp³-hybridized carbons (Fsp3) is 0.792. The number of carboxylic acids is 1. The SMILES string of the molecule is CC[C@H](C)[C@H](N)C(=O)N1CCC[C@H]1C(=O)N[C@H](C(=O)NCC(=O)N[C@@H](CC(C)C)C(=O)O)C(C)C. The van der Waals surface area contributed by atoms with Crippen molar-refractivity contribution in [2.24, 2.45) is 23.5 Å². The molecular formula is C24H43N5O6. The van der Waals surface area contributed by atoms with Gasteiger partial charge >= 0.3 is 5.97 Å².